The van der Waals surface area contributed by atoms with Crippen LogP contribution in [0.3, 0.4) is 0 Å². The SMILES string of the molecule is CC(C)CCCC(CCC(C)C)OP(=O)(O)O. The van der Waals surface area contributed by atoms with Crippen molar-refractivity contribution in [2.75, 3.05) is 0 Å². The van der Waals surface area contributed by atoms with Crippen LogP contribution in [0.4, 0.5) is 0 Å². The zero-order valence-electron chi connectivity index (χ0n) is 11.4. The highest BCUT2D eigenvalue weighted by atomic mass is 31.2. The molecule has 5 heteroatoms. The monoisotopic (exact) mass is 266 g/mol. The minimum absolute atomic E-state index is 0.308. The Hall–Kier alpha value is 0.110. The Morgan fingerprint density at radius 3 is 1.88 bits per heavy atom. The van der Waals surface area contributed by atoms with Crippen molar-refractivity contribution < 1.29 is 18.9 Å². The van der Waals surface area contributed by atoms with Crippen molar-refractivity contribution in [2.24, 2.45) is 11.8 Å². The second kappa shape index (κ2) is 8.25. The molecule has 17 heavy (non-hydrogen) atoms. The summed E-state index contributed by atoms with van der Waals surface area (Å²) in [6, 6.07) is 0. The predicted molar refractivity (Wildman–Crippen MR) is 69.7 cm³/mol. The molecule has 0 saturated carbocycles. The third-order valence-corrected chi connectivity index (χ3v) is 3.23. The summed E-state index contributed by atoms with van der Waals surface area (Å²) in [4.78, 5) is 17.7. The van der Waals surface area contributed by atoms with E-state index in [9.17, 15) is 4.57 Å². The van der Waals surface area contributed by atoms with E-state index in [4.69, 9.17) is 14.3 Å². The third kappa shape index (κ3) is 12.4. The maximum absolute atomic E-state index is 10.9. The molecule has 0 aliphatic carbocycles. The first-order valence-electron chi connectivity index (χ1n) is 6.44. The van der Waals surface area contributed by atoms with Crippen LogP contribution in [0.5, 0.6) is 0 Å². The number of hydrogen-bond acceptors (Lipinski definition) is 2. The van der Waals surface area contributed by atoms with E-state index in [0.29, 0.717) is 11.8 Å². The maximum atomic E-state index is 10.9. The van der Waals surface area contributed by atoms with Crippen LogP contribution in [0.2, 0.25) is 0 Å². The lowest BCUT2D eigenvalue weighted by Crippen LogP contribution is -2.13. The van der Waals surface area contributed by atoms with Gasteiger partial charge in [0.2, 0.25) is 0 Å². The first kappa shape index (κ1) is 17.1. The van der Waals surface area contributed by atoms with Crippen LogP contribution in [0.15, 0.2) is 0 Å². The van der Waals surface area contributed by atoms with Gasteiger partial charge in [0.25, 0.3) is 0 Å². The molecule has 2 N–H and O–H groups in total. The molecule has 0 aromatic heterocycles. The Labute approximate surface area is 105 Å². The second-order valence-corrected chi connectivity index (χ2v) is 6.71. The summed E-state index contributed by atoms with van der Waals surface area (Å²) in [6.07, 6.45) is 4.11. The van der Waals surface area contributed by atoms with Gasteiger partial charge in [0.05, 0.1) is 6.10 Å². The smallest absolute Gasteiger partial charge is 0.303 e. The van der Waals surface area contributed by atoms with Crippen LogP contribution in [-0.2, 0) is 9.09 Å². The van der Waals surface area contributed by atoms with Gasteiger partial charge in [-0.05, 0) is 31.1 Å². The van der Waals surface area contributed by atoms with Gasteiger partial charge in [0, 0.05) is 0 Å². The van der Waals surface area contributed by atoms with Gasteiger partial charge in [-0.2, -0.15) is 0 Å². The molecule has 0 aliphatic heterocycles. The summed E-state index contributed by atoms with van der Waals surface area (Å²) in [5.41, 5.74) is 0. The van der Waals surface area contributed by atoms with E-state index < -0.39 is 7.82 Å². The molecule has 0 bridgehead atoms. The van der Waals surface area contributed by atoms with Crippen molar-refractivity contribution in [3.8, 4) is 0 Å². The zero-order chi connectivity index (χ0) is 13.5. The van der Waals surface area contributed by atoms with Crippen molar-refractivity contribution in [3.05, 3.63) is 0 Å². The summed E-state index contributed by atoms with van der Waals surface area (Å²) in [5, 5.41) is 0. The quantitative estimate of drug-likeness (QED) is 0.624. The molecule has 1 unspecified atom stereocenters. The van der Waals surface area contributed by atoms with Gasteiger partial charge < -0.3 is 9.79 Å². The van der Waals surface area contributed by atoms with Crippen molar-refractivity contribution in [3.63, 3.8) is 0 Å². The van der Waals surface area contributed by atoms with Crippen molar-refractivity contribution in [1.29, 1.82) is 0 Å². The second-order valence-electron chi connectivity index (χ2n) is 5.51. The molecular weight excluding hydrogens is 239 g/mol. The molecule has 0 saturated heterocycles. The van der Waals surface area contributed by atoms with Crippen LogP contribution in [0.25, 0.3) is 0 Å². The number of rotatable bonds is 9. The normalized spacial score (nSPS) is 14.6. The average molecular weight is 266 g/mol. The lowest BCUT2D eigenvalue weighted by atomic mass is 9.99. The maximum Gasteiger partial charge on any atom is 0.469 e. The van der Waals surface area contributed by atoms with Gasteiger partial charge in [-0.3, -0.25) is 4.52 Å². The lowest BCUT2D eigenvalue weighted by molar-refractivity contribution is 0.112. The lowest BCUT2D eigenvalue weighted by Gasteiger charge is -2.19. The number of phosphoric ester groups is 1. The summed E-state index contributed by atoms with van der Waals surface area (Å²) in [5.74, 6) is 1.15. The van der Waals surface area contributed by atoms with E-state index in [1.807, 2.05) is 0 Å². The van der Waals surface area contributed by atoms with Gasteiger partial charge in [-0.15, -0.1) is 0 Å². The molecule has 0 aromatic carbocycles. The highest BCUT2D eigenvalue weighted by molar-refractivity contribution is 7.46. The summed E-state index contributed by atoms with van der Waals surface area (Å²) >= 11 is 0. The van der Waals surface area contributed by atoms with Gasteiger partial charge in [0.15, 0.2) is 0 Å². The van der Waals surface area contributed by atoms with Crippen LogP contribution in [0, 0.1) is 11.8 Å². The molecule has 0 radical (unpaired) electrons. The topological polar surface area (TPSA) is 66.8 Å². The van der Waals surface area contributed by atoms with Gasteiger partial charge >= 0.3 is 7.82 Å². The fraction of sp³-hybridized carbons (Fsp3) is 1.00. The van der Waals surface area contributed by atoms with E-state index in [2.05, 4.69) is 27.7 Å². The fourth-order valence-electron chi connectivity index (χ4n) is 1.72. The van der Waals surface area contributed by atoms with Gasteiger partial charge in [-0.25, -0.2) is 4.57 Å². The standard InChI is InChI=1S/C12H27O4P/c1-10(2)6-5-7-12(9-8-11(3)4)16-17(13,14)15/h10-12H,5-9H2,1-4H3,(H2,13,14,15). The Morgan fingerprint density at radius 2 is 1.47 bits per heavy atom. The van der Waals surface area contributed by atoms with Crippen molar-refractivity contribution in [2.45, 2.75) is 65.9 Å². The van der Waals surface area contributed by atoms with Crippen LogP contribution < -0.4 is 0 Å². The Bertz CT molecular complexity index is 235. The van der Waals surface area contributed by atoms with Crippen LogP contribution >= 0.6 is 7.82 Å². The fourth-order valence-corrected chi connectivity index (χ4v) is 2.32. The van der Waals surface area contributed by atoms with Gasteiger partial charge in [-0.1, -0.05) is 40.5 Å². The average Bonchev–Trinajstić information content (AvgIpc) is 2.10. The molecule has 0 amide bonds. The number of hydrogen-bond donors (Lipinski definition) is 2. The molecule has 0 spiro atoms. The molecule has 104 valence electrons. The molecule has 1 atom stereocenters. The molecule has 0 rings (SSSR count). The summed E-state index contributed by atoms with van der Waals surface area (Å²) < 4.78 is 15.7. The van der Waals surface area contributed by atoms with Crippen molar-refractivity contribution >= 4 is 7.82 Å². The highest BCUT2D eigenvalue weighted by Gasteiger charge is 2.22. The Balaban J connectivity index is 4.06. The Kier molecular flexibility index (Phi) is 8.31. The molecule has 0 aliphatic rings. The largest absolute Gasteiger partial charge is 0.469 e. The van der Waals surface area contributed by atoms with Crippen LogP contribution in [-0.4, -0.2) is 15.9 Å². The minimum atomic E-state index is -4.35. The highest BCUT2D eigenvalue weighted by Crippen LogP contribution is 2.39. The van der Waals surface area contributed by atoms with E-state index in [1.54, 1.807) is 0 Å². The molecule has 4 nitrogen and oxygen atoms in total. The molecule has 0 fully saturated rings. The molecule has 0 aromatic rings. The first-order valence-corrected chi connectivity index (χ1v) is 7.97. The van der Waals surface area contributed by atoms with Gasteiger partial charge in [0.1, 0.15) is 0 Å². The molecular formula is C12H27O4P. The van der Waals surface area contributed by atoms with Crippen molar-refractivity contribution in [1.82, 2.24) is 0 Å². The van der Waals surface area contributed by atoms with E-state index in [0.717, 1.165) is 32.1 Å². The summed E-state index contributed by atoms with van der Waals surface area (Å²) in [6.45, 7) is 8.49. The van der Waals surface area contributed by atoms with E-state index >= 15 is 0 Å². The molecule has 0 heterocycles. The third-order valence-electron chi connectivity index (χ3n) is 2.66. The van der Waals surface area contributed by atoms with E-state index in [-0.39, 0.29) is 6.10 Å². The van der Waals surface area contributed by atoms with Crippen LogP contribution in [0.1, 0.15) is 59.8 Å². The zero-order valence-corrected chi connectivity index (χ0v) is 12.3. The predicted octanol–water partition coefficient (Wildman–Crippen LogP) is 3.73. The number of phosphoric acid groups is 1. The van der Waals surface area contributed by atoms with E-state index in [1.165, 1.54) is 0 Å². The minimum Gasteiger partial charge on any atom is -0.303 e. The first-order chi connectivity index (χ1) is 7.70. The Morgan fingerprint density at radius 1 is 0.941 bits per heavy atom. The summed E-state index contributed by atoms with van der Waals surface area (Å²) in [7, 11) is -4.35.